The second kappa shape index (κ2) is 13.6. The third-order valence-corrected chi connectivity index (χ3v) is 8.38. The number of nitrogens with one attached hydrogen (secondary N) is 3. The number of alkyl halides is 3. The minimum Gasteiger partial charge on any atom is -0.455 e. The monoisotopic (exact) mass is 668 g/mol. The molecule has 1 aliphatic heterocycles. The molecule has 0 unspecified atom stereocenters. The van der Waals surface area contributed by atoms with Crippen molar-refractivity contribution < 1.29 is 35.9 Å². The minimum absolute atomic E-state index is 0.129. The van der Waals surface area contributed by atoms with Crippen LogP contribution < -0.4 is 25.0 Å². The van der Waals surface area contributed by atoms with Crippen molar-refractivity contribution in [2.24, 2.45) is 5.92 Å². The van der Waals surface area contributed by atoms with Gasteiger partial charge in [0, 0.05) is 16.7 Å². The topological polar surface area (TPSA) is 117 Å². The summed E-state index contributed by atoms with van der Waals surface area (Å²) in [5.74, 6) is -2.13. The van der Waals surface area contributed by atoms with Crippen LogP contribution in [0.25, 0.3) is 0 Å². The zero-order valence-corrected chi connectivity index (χ0v) is 24.6. The van der Waals surface area contributed by atoms with Gasteiger partial charge < -0.3 is 15.4 Å². The van der Waals surface area contributed by atoms with E-state index in [-0.39, 0.29) is 39.4 Å². The highest BCUT2D eigenvalue weighted by atomic mass is 79.9. The van der Waals surface area contributed by atoms with Crippen LogP contribution in [0.2, 0.25) is 0 Å². The van der Waals surface area contributed by atoms with Crippen LogP contribution >= 0.6 is 15.9 Å². The maximum absolute atomic E-state index is 13.4. The van der Waals surface area contributed by atoms with Gasteiger partial charge >= 0.3 is 12.1 Å². The number of rotatable bonds is 10. The quantitative estimate of drug-likeness (QED) is 0.278. The summed E-state index contributed by atoms with van der Waals surface area (Å²) in [4.78, 5) is 24.7. The summed E-state index contributed by atoms with van der Waals surface area (Å²) in [5, 5.41) is 5.78. The van der Waals surface area contributed by atoms with Crippen LogP contribution in [0.1, 0.15) is 12.8 Å². The van der Waals surface area contributed by atoms with Gasteiger partial charge in [0.25, 0.3) is 10.0 Å². The second-order valence-electron chi connectivity index (χ2n) is 9.54. The van der Waals surface area contributed by atoms with E-state index in [0.29, 0.717) is 5.75 Å². The first-order valence-corrected chi connectivity index (χ1v) is 15.2. The Morgan fingerprint density at radius 3 is 2.26 bits per heavy atom. The molecule has 1 saturated heterocycles. The second-order valence-corrected chi connectivity index (χ2v) is 12.1. The normalized spacial score (nSPS) is 14.2. The number of anilines is 2. The van der Waals surface area contributed by atoms with Gasteiger partial charge in [0.05, 0.1) is 10.6 Å². The number of amides is 2. The number of sulfonamides is 1. The van der Waals surface area contributed by atoms with Crippen LogP contribution in [0.4, 0.5) is 24.5 Å². The predicted molar refractivity (Wildman–Crippen MR) is 155 cm³/mol. The molecule has 14 heteroatoms. The molecule has 1 aliphatic rings. The number of benzene rings is 3. The largest absolute Gasteiger partial charge is 0.471 e. The van der Waals surface area contributed by atoms with Crippen molar-refractivity contribution >= 4 is 49.1 Å². The van der Waals surface area contributed by atoms with Gasteiger partial charge in [-0.25, -0.2) is 8.42 Å². The van der Waals surface area contributed by atoms with E-state index < -0.39 is 34.6 Å². The molecule has 1 heterocycles. The molecule has 4 rings (SSSR count). The summed E-state index contributed by atoms with van der Waals surface area (Å²) in [6.07, 6.45) is -3.62. The lowest BCUT2D eigenvalue weighted by Gasteiger charge is -2.25. The average Bonchev–Trinajstić information content (AvgIpc) is 2.97. The van der Waals surface area contributed by atoms with E-state index in [1.54, 1.807) is 42.5 Å². The Hall–Kier alpha value is -3.62. The van der Waals surface area contributed by atoms with E-state index in [1.165, 1.54) is 6.07 Å². The molecule has 1 fully saturated rings. The standard InChI is InChI=1S/C28H28BrF3N4O5S/c29-20-5-9-22(10-6-20)41-25-4-2-1-3-24(25)35-42(39,40)23-11-7-21(8-12-23)36(27(38)28(30,31)32)18-26(37)34-17-19-13-15-33-16-14-19/h1-12,19,33,35H,13-18H2,(H,34,37). The van der Waals surface area contributed by atoms with E-state index in [9.17, 15) is 31.2 Å². The van der Waals surface area contributed by atoms with Gasteiger partial charge in [-0.1, -0.05) is 28.1 Å². The van der Waals surface area contributed by atoms with Crippen molar-refractivity contribution in [1.82, 2.24) is 10.6 Å². The van der Waals surface area contributed by atoms with Crippen LogP contribution in [0.15, 0.2) is 82.2 Å². The van der Waals surface area contributed by atoms with Gasteiger partial charge in [-0.2, -0.15) is 13.2 Å². The highest BCUT2D eigenvalue weighted by Gasteiger charge is 2.43. The molecule has 0 bridgehead atoms. The summed E-state index contributed by atoms with van der Waals surface area (Å²) in [6, 6.07) is 17.4. The molecular weight excluding hydrogens is 641 g/mol. The summed E-state index contributed by atoms with van der Waals surface area (Å²) >= 11 is 3.33. The van der Waals surface area contributed by atoms with Gasteiger partial charge in [0.1, 0.15) is 12.3 Å². The van der Waals surface area contributed by atoms with Gasteiger partial charge in [0.15, 0.2) is 5.75 Å². The maximum Gasteiger partial charge on any atom is 0.471 e. The molecule has 3 N–H and O–H groups in total. The van der Waals surface area contributed by atoms with E-state index in [2.05, 4.69) is 31.3 Å². The van der Waals surface area contributed by atoms with E-state index >= 15 is 0 Å². The van der Waals surface area contributed by atoms with Crippen molar-refractivity contribution in [3.8, 4) is 11.5 Å². The van der Waals surface area contributed by atoms with Crippen molar-refractivity contribution in [2.75, 3.05) is 35.8 Å². The predicted octanol–water partition coefficient (Wildman–Crippen LogP) is 5.05. The lowest BCUT2D eigenvalue weighted by molar-refractivity contribution is -0.170. The number of ether oxygens (including phenoxy) is 1. The number of piperidine rings is 1. The first-order chi connectivity index (χ1) is 19.9. The summed E-state index contributed by atoms with van der Waals surface area (Å²) < 4.78 is 75.5. The molecule has 2 amide bonds. The number of nitrogens with zero attached hydrogens (tertiary/aromatic N) is 1. The fourth-order valence-corrected chi connectivity index (χ4v) is 5.59. The third kappa shape index (κ3) is 8.46. The third-order valence-electron chi connectivity index (χ3n) is 6.47. The molecule has 3 aromatic carbocycles. The van der Waals surface area contributed by atoms with Gasteiger partial charge in [0.2, 0.25) is 5.91 Å². The molecule has 224 valence electrons. The molecule has 9 nitrogen and oxygen atoms in total. The molecular formula is C28H28BrF3N4O5S. The van der Waals surface area contributed by atoms with Crippen molar-refractivity contribution in [3.05, 3.63) is 77.3 Å². The zero-order valence-electron chi connectivity index (χ0n) is 22.2. The SMILES string of the molecule is O=C(CN(C(=O)C(F)(F)F)c1ccc(S(=O)(=O)Nc2ccccc2Oc2ccc(Br)cc2)cc1)NCC1CCNCC1. The van der Waals surface area contributed by atoms with Crippen molar-refractivity contribution in [2.45, 2.75) is 23.9 Å². The number of halogens is 4. The molecule has 0 aromatic heterocycles. The Balaban J connectivity index is 1.49. The maximum atomic E-state index is 13.4. The highest BCUT2D eigenvalue weighted by Crippen LogP contribution is 2.32. The number of hydrogen-bond acceptors (Lipinski definition) is 6. The minimum atomic E-state index is -5.25. The highest BCUT2D eigenvalue weighted by molar-refractivity contribution is 9.10. The molecule has 3 aromatic rings. The van der Waals surface area contributed by atoms with Crippen LogP contribution in [-0.2, 0) is 19.6 Å². The lowest BCUT2D eigenvalue weighted by Crippen LogP contribution is -2.47. The van der Waals surface area contributed by atoms with E-state index in [1.807, 2.05) is 0 Å². The van der Waals surface area contributed by atoms with Crippen molar-refractivity contribution in [3.63, 3.8) is 0 Å². The fraction of sp³-hybridized carbons (Fsp3) is 0.286. The number of para-hydroxylation sites is 2. The van der Waals surface area contributed by atoms with Gasteiger partial charge in [-0.05, 0) is 92.5 Å². The Morgan fingerprint density at radius 2 is 1.62 bits per heavy atom. The summed E-state index contributed by atoms with van der Waals surface area (Å²) in [7, 11) is -4.22. The smallest absolute Gasteiger partial charge is 0.455 e. The zero-order chi connectivity index (χ0) is 30.3. The molecule has 0 saturated carbocycles. The Kier molecular flexibility index (Phi) is 10.1. The number of hydrogen-bond donors (Lipinski definition) is 3. The Labute approximate surface area is 249 Å². The Bertz CT molecular complexity index is 1500. The van der Waals surface area contributed by atoms with Crippen LogP contribution in [0, 0.1) is 5.92 Å². The first kappa shape index (κ1) is 31.3. The molecule has 0 aliphatic carbocycles. The van der Waals surface area contributed by atoms with Crippen LogP contribution in [0.5, 0.6) is 11.5 Å². The summed E-state index contributed by atoms with van der Waals surface area (Å²) in [6.45, 7) is 0.971. The van der Waals surface area contributed by atoms with E-state index in [0.717, 1.165) is 54.7 Å². The molecule has 0 atom stereocenters. The number of carbonyl (C=O) groups excluding carboxylic acids is 2. The first-order valence-electron chi connectivity index (χ1n) is 12.9. The Morgan fingerprint density at radius 1 is 0.976 bits per heavy atom. The average molecular weight is 670 g/mol. The van der Waals surface area contributed by atoms with Crippen LogP contribution in [0.3, 0.4) is 0 Å². The molecule has 0 spiro atoms. The van der Waals surface area contributed by atoms with Gasteiger partial charge in [-0.3, -0.25) is 19.2 Å². The van der Waals surface area contributed by atoms with Crippen LogP contribution in [-0.4, -0.2) is 52.6 Å². The van der Waals surface area contributed by atoms with E-state index in [4.69, 9.17) is 4.74 Å². The molecule has 42 heavy (non-hydrogen) atoms. The van der Waals surface area contributed by atoms with Gasteiger partial charge in [-0.15, -0.1) is 0 Å². The summed E-state index contributed by atoms with van der Waals surface area (Å²) in [5.41, 5.74) is -0.156. The molecule has 0 radical (unpaired) electrons. The lowest BCUT2D eigenvalue weighted by atomic mass is 9.98. The fourth-order valence-electron chi connectivity index (χ4n) is 4.26. The number of carbonyl (C=O) groups is 2. The van der Waals surface area contributed by atoms with Crippen molar-refractivity contribution in [1.29, 1.82) is 0 Å².